The molecule has 0 bridgehead atoms. The van der Waals surface area contributed by atoms with Gasteiger partial charge in [-0.05, 0) is 55.9 Å². The van der Waals surface area contributed by atoms with Crippen LogP contribution in [0.1, 0.15) is 43.0 Å². The van der Waals surface area contributed by atoms with Crippen LogP contribution < -0.4 is 0 Å². The fourth-order valence-electron chi connectivity index (χ4n) is 3.33. The second kappa shape index (κ2) is 6.41. The van der Waals surface area contributed by atoms with Crippen molar-refractivity contribution in [1.29, 1.82) is 0 Å². The van der Waals surface area contributed by atoms with Crippen molar-refractivity contribution >= 4 is 23.3 Å². The molecule has 2 fully saturated rings. The van der Waals surface area contributed by atoms with E-state index in [1.54, 1.807) is 24.3 Å². The third-order valence-electron chi connectivity index (χ3n) is 4.95. The molecule has 2 aliphatic rings. The Balaban J connectivity index is 1.65. The number of likely N-dealkylation sites (tertiary alicyclic amines) is 1. The van der Waals surface area contributed by atoms with Gasteiger partial charge in [-0.2, -0.15) is 0 Å². The first-order valence-corrected chi connectivity index (χ1v) is 8.52. The molecule has 4 heteroatoms. The van der Waals surface area contributed by atoms with Crippen molar-refractivity contribution in [3.8, 4) is 0 Å². The molecule has 1 amide bonds. The van der Waals surface area contributed by atoms with Gasteiger partial charge in [-0.1, -0.05) is 18.5 Å². The smallest absolute Gasteiger partial charge is 0.225 e. The van der Waals surface area contributed by atoms with Gasteiger partial charge in [0, 0.05) is 35.5 Å². The van der Waals surface area contributed by atoms with Crippen molar-refractivity contribution in [3.05, 3.63) is 34.9 Å². The maximum absolute atomic E-state index is 12.6. The Morgan fingerprint density at radius 2 is 1.86 bits per heavy atom. The minimum Gasteiger partial charge on any atom is -0.342 e. The quantitative estimate of drug-likeness (QED) is 0.791. The maximum Gasteiger partial charge on any atom is 0.225 e. The van der Waals surface area contributed by atoms with Crippen molar-refractivity contribution in [2.45, 2.75) is 32.6 Å². The first-order chi connectivity index (χ1) is 10.6. The van der Waals surface area contributed by atoms with Crippen LogP contribution in [0.25, 0.3) is 0 Å². The second-order valence-corrected chi connectivity index (χ2v) is 7.06. The molecule has 0 N–H and O–H groups in total. The monoisotopic (exact) mass is 319 g/mol. The zero-order valence-electron chi connectivity index (χ0n) is 12.9. The van der Waals surface area contributed by atoms with Gasteiger partial charge in [0.15, 0.2) is 5.78 Å². The first kappa shape index (κ1) is 15.5. The molecule has 1 saturated carbocycles. The fraction of sp³-hybridized carbons (Fsp3) is 0.556. The summed E-state index contributed by atoms with van der Waals surface area (Å²) in [7, 11) is 0. The Bertz CT molecular complexity index is 565. The van der Waals surface area contributed by atoms with Crippen LogP contribution in [-0.2, 0) is 4.79 Å². The highest BCUT2D eigenvalue weighted by atomic mass is 35.5. The highest BCUT2D eigenvalue weighted by Gasteiger charge is 2.37. The fourth-order valence-corrected chi connectivity index (χ4v) is 3.45. The molecule has 1 aliphatic carbocycles. The van der Waals surface area contributed by atoms with Crippen molar-refractivity contribution in [3.63, 3.8) is 0 Å². The van der Waals surface area contributed by atoms with Gasteiger partial charge in [-0.3, -0.25) is 9.59 Å². The normalized spacial score (nSPS) is 23.2. The van der Waals surface area contributed by atoms with Crippen LogP contribution in [0.4, 0.5) is 0 Å². The second-order valence-electron chi connectivity index (χ2n) is 6.62. The molecule has 2 atom stereocenters. The third-order valence-corrected chi connectivity index (χ3v) is 5.20. The molecule has 1 aromatic rings. The van der Waals surface area contributed by atoms with E-state index in [1.165, 1.54) is 12.8 Å². The summed E-state index contributed by atoms with van der Waals surface area (Å²) in [6.07, 6.45) is 4.12. The molecule has 1 heterocycles. The van der Waals surface area contributed by atoms with Gasteiger partial charge in [0.2, 0.25) is 5.91 Å². The molecule has 3 nitrogen and oxygen atoms in total. The number of piperidine rings is 1. The van der Waals surface area contributed by atoms with Gasteiger partial charge in [-0.15, -0.1) is 0 Å². The van der Waals surface area contributed by atoms with Gasteiger partial charge in [-0.25, -0.2) is 0 Å². The average molecular weight is 320 g/mol. The van der Waals surface area contributed by atoms with Crippen LogP contribution in [0.2, 0.25) is 5.02 Å². The molecule has 1 aliphatic heterocycles. The highest BCUT2D eigenvalue weighted by Crippen LogP contribution is 2.38. The van der Waals surface area contributed by atoms with Crippen molar-refractivity contribution in [1.82, 2.24) is 4.90 Å². The molecule has 0 aromatic heterocycles. The Morgan fingerprint density at radius 1 is 1.18 bits per heavy atom. The van der Waals surface area contributed by atoms with E-state index >= 15 is 0 Å². The summed E-state index contributed by atoms with van der Waals surface area (Å²) in [6, 6.07) is 7.04. The number of Topliss-reactive ketones (excluding diaryl/α,β-unsaturated/α-hetero) is 1. The van der Waals surface area contributed by atoms with Crippen molar-refractivity contribution < 1.29 is 9.59 Å². The van der Waals surface area contributed by atoms with Gasteiger partial charge in [0.1, 0.15) is 0 Å². The van der Waals surface area contributed by atoms with Crippen LogP contribution in [-0.4, -0.2) is 29.7 Å². The number of carbonyl (C=O) groups excluding carboxylic acids is 2. The van der Waals surface area contributed by atoms with Crippen LogP contribution in [0.5, 0.6) is 0 Å². The summed E-state index contributed by atoms with van der Waals surface area (Å²) >= 11 is 5.87. The molecule has 1 saturated heterocycles. The Kier molecular flexibility index (Phi) is 4.53. The topological polar surface area (TPSA) is 37.4 Å². The summed E-state index contributed by atoms with van der Waals surface area (Å²) in [5, 5.41) is 0.634. The zero-order chi connectivity index (χ0) is 15.7. The number of carbonyl (C=O) groups is 2. The van der Waals surface area contributed by atoms with E-state index in [-0.39, 0.29) is 23.5 Å². The minimum absolute atomic E-state index is 0.0784. The van der Waals surface area contributed by atoms with Crippen LogP contribution in [0.15, 0.2) is 24.3 Å². The number of rotatable bonds is 4. The third kappa shape index (κ3) is 3.35. The predicted octanol–water partition coefficient (Wildman–Crippen LogP) is 3.81. The summed E-state index contributed by atoms with van der Waals surface area (Å²) < 4.78 is 0. The first-order valence-electron chi connectivity index (χ1n) is 8.15. The van der Waals surface area contributed by atoms with Gasteiger partial charge in [0.05, 0.1) is 0 Å². The number of ketones is 1. The summed E-state index contributed by atoms with van der Waals surface area (Å²) in [4.78, 5) is 27.0. The number of halogens is 1. The Hall–Kier alpha value is -1.35. The standard InChI is InChI=1S/C18H22ClNO2/c1-12(13-4-5-13)18(22)20-10-2-3-15(11-20)17(21)14-6-8-16(19)9-7-14/h6-9,12-13,15H,2-5,10-11H2,1H3. The van der Waals surface area contributed by atoms with Gasteiger partial charge >= 0.3 is 0 Å². The molecule has 118 valence electrons. The van der Waals surface area contributed by atoms with E-state index in [2.05, 4.69) is 0 Å². The number of hydrogen-bond acceptors (Lipinski definition) is 2. The number of nitrogens with zero attached hydrogens (tertiary/aromatic N) is 1. The lowest BCUT2D eigenvalue weighted by Crippen LogP contribution is -2.44. The van der Waals surface area contributed by atoms with E-state index in [1.807, 2.05) is 11.8 Å². The van der Waals surface area contributed by atoms with Crippen molar-refractivity contribution in [2.24, 2.45) is 17.8 Å². The molecule has 0 radical (unpaired) electrons. The van der Waals surface area contributed by atoms with Gasteiger partial charge < -0.3 is 4.90 Å². The minimum atomic E-state index is -0.0784. The lowest BCUT2D eigenvalue weighted by Gasteiger charge is -2.33. The average Bonchev–Trinajstić information content (AvgIpc) is 3.38. The van der Waals surface area contributed by atoms with Crippen molar-refractivity contribution in [2.75, 3.05) is 13.1 Å². The number of hydrogen-bond donors (Lipinski definition) is 0. The van der Waals surface area contributed by atoms with Crippen LogP contribution >= 0.6 is 11.6 Å². The largest absolute Gasteiger partial charge is 0.342 e. The summed E-state index contributed by atoms with van der Waals surface area (Å²) in [5.41, 5.74) is 0.693. The molecule has 1 aromatic carbocycles. The summed E-state index contributed by atoms with van der Waals surface area (Å²) in [5.74, 6) is 0.971. The van der Waals surface area contributed by atoms with Crippen LogP contribution in [0.3, 0.4) is 0 Å². The SMILES string of the molecule is CC(C(=O)N1CCCC(C(=O)c2ccc(Cl)cc2)C1)C1CC1. The molecule has 3 rings (SSSR count). The van der Waals surface area contributed by atoms with E-state index in [9.17, 15) is 9.59 Å². The zero-order valence-corrected chi connectivity index (χ0v) is 13.7. The molecule has 22 heavy (non-hydrogen) atoms. The van der Waals surface area contributed by atoms with Crippen LogP contribution in [0, 0.1) is 17.8 Å². The molecule has 2 unspecified atom stereocenters. The number of benzene rings is 1. The van der Waals surface area contributed by atoms with E-state index in [0.717, 1.165) is 19.4 Å². The maximum atomic E-state index is 12.6. The van der Waals surface area contributed by atoms with E-state index < -0.39 is 0 Å². The lowest BCUT2D eigenvalue weighted by atomic mass is 9.89. The predicted molar refractivity (Wildman–Crippen MR) is 87.0 cm³/mol. The molecular formula is C18H22ClNO2. The highest BCUT2D eigenvalue weighted by molar-refractivity contribution is 6.30. The molecular weight excluding hydrogens is 298 g/mol. The van der Waals surface area contributed by atoms with Gasteiger partial charge in [0.25, 0.3) is 0 Å². The summed E-state index contributed by atoms with van der Waals surface area (Å²) in [6.45, 7) is 3.39. The van der Waals surface area contributed by atoms with E-state index in [4.69, 9.17) is 11.6 Å². The van der Waals surface area contributed by atoms with E-state index in [0.29, 0.717) is 23.0 Å². The Morgan fingerprint density at radius 3 is 2.50 bits per heavy atom. The Labute approximate surface area is 136 Å². The lowest BCUT2D eigenvalue weighted by molar-refractivity contribution is -0.137. The number of amides is 1. The molecule has 0 spiro atoms.